The summed E-state index contributed by atoms with van der Waals surface area (Å²) in [6.45, 7) is 1.96. The van der Waals surface area contributed by atoms with Gasteiger partial charge in [0.2, 0.25) is 0 Å². The molecule has 0 saturated carbocycles. The van der Waals surface area contributed by atoms with Gasteiger partial charge in [0.25, 0.3) is 5.91 Å². The van der Waals surface area contributed by atoms with Gasteiger partial charge in [-0.1, -0.05) is 17.3 Å². The van der Waals surface area contributed by atoms with Gasteiger partial charge in [0.05, 0.1) is 12.6 Å². The Hall–Kier alpha value is -2.46. The number of carbonyl (C=O) groups excluding carboxylic acids is 1. The van der Waals surface area contributed by atoms with Gasteiger partial charge in [0.1, 0.15) is 18.5 Å². The van der Waals surface area contributed by atoms with Crippen molar-refractivity contribution in [2.75, 3.05) is 6.54 Å². The van der Waals surface area contributed by atoms with E-state index in [9.17, 15) is 9.18 Å². The molecule has 1 atom stereocenters. The van der Waals surface area contributed by atoms with Gasteiger partial charge >= 0.3 is 0 Å². The van der Waals surface area contributed by atoms with Crippen LogP contribution in [0.2, 0.25) is 0 Å². The first kappa shape index (κ1) is 14.0. The highest BCUT2D eigenvalue weighted by molar-refractivity contribution is 6.41. The van der Waals surface area contributed by atoms with Crippen LogP contribution in [0, 0.1) is 17.1 Å². The zero-order chi connectivity index (χ0) is 14.5. The van der Waals surface area contributed by atoms with Crippen molar-refractivity contribution in [2.45, 2.75) is 19.6 Å². The maximum Gasteiger partial charge on any atom is 0.288 e. The SMILES string of the molecule is CC(C#N)N1NCC(=NOCc2ccc(F)cc2)C1=O. The van der Waals surface area contributed by atoms with Gasteiger partial charge in [-0.25, -0.2) is 9.82 Å². The molecule has 1 unspecified atom stereocenters. The van der Waals surface area contributed by atoms with E-state index in [-0.39, 0.29) is 30.6 Å². The number of hydrogen-bond acceptors (Lipinski definition) is 5. The van der Waals surface area contributed by atoms with Crippen molar-refractivity contribution in [1.82, 2.24) is 10.4 Å². The molecule has 7 heteroatoms. The number of hydrogen-bond donors (Lipinski definition) is 1. The number of rotatable bonds is 4. The predicted octanol–water partition coefficient (Wildman–Crippen LogP) is 0.957. The molecule has 2 rings (SSSR count). The molecule has 1 aromatic rings. The van der Waals surface area contributed by atoms with Crippen LogP contribution in [-0.2, 0) is 16.2 Å². The highest BCUT2D eigenvalue weighted by Gasteiger charge is 2.31. The molecule has 1 N–H and O–H groups in total. The number of oxime groups is 1. The fourth-order valence-electron chi connectivity index (χ4n) is 1.65. The molecule has 6 nitrogen and oxygen atoms in total. The third-order valence-electron chi connectivity index (χ3n) is 2.78. The van der Waals surface area contributed by atoms with Crippen LogP contribution in [0.4, 0.5) is 4.39 Å². The Balaban J connectivity index is 1.91. The molecule has 0 aliphatic carbocycles. The van der Waals surface area contributed by atoms with Crippen molar-refractivity contribution in [1.29, 1.82) is 5.26 Å². The molecule has 1 aromatic carbocycles. The predicted molar refractivity (Wildman–Crippen MR) is 68.5 cm³/mol. The average Bonchev–Trinajstić information content (AvgIpc) is 2.82. The topological polar surface area (TPSA) is 77.7 Å². The summed E-state index contributed by atoms with van der Waals surface area (Å²) in [6, 6.07) is 7.18. The van der Waals surface area contributed by atoms with Gasteiger partial charge < -0.3 is 4.84 Å². The lowest BCUT2D eigenvalue weighted by Crippen LogP contribution is -2.41. The summed E-state index contributed by atoms with van der Waals surface area (Å²) in [7, 11) is 0. The van der Waals surface area contributed by atoms with E-state index in [1.54, 1.807) is 19.1 Å². The number of hydrazine groups is 1. The molecule has 1 heterocycles. The summed E-state index contributed by atoms with van der Waals surface area (Å²) in [4.78, 5) is 16.9. The number of nitrogens with zero attached hydrogens (tertiary/aromatic N) is 3. The van der Waals surface area contributed by atoms with Gasteiger partial charge in [-0.15, -0.1) is 0 Å². The second kappa shape index (κ2) is 6.12. The molecule has 1 saturated heterocycles. The molecule has 1 fully saturated rings. The second-order valence-electron chi connectivity index (χ2n) is 4.25. The standard InChI is InChI=1S/C13H13FN4O2/c1-9(6-15)18-13(19)12(7-16-18)17-20-8-10-2-4-11(14)5-3-10/h2-5,9,16H,7-8H2,1H3. The van der Waals surface area contributed by atoms with Crippen molar-refractivity contribution in [3.8, 4) is 6.07 Å². The largest absolute Gasteiger partial charge is 0.391 e. The van der Waals surface area contributed by atoms with Crippen molar-refractivity contribution >= 4 is 11.6 Å². The van der Waals surface area contributed by atoms with Gasteiger partial charge in [-0.2, -0.15) is 5.26 Å². The minimum Gasteiger partial charge on any atom is -0.391 e. The van der Waals surface area contributed by atoms with Crippen LogP contribution in [0.5, 0.6) is 0 Å². The second-order valence-corrected chi connectivity index (χ2v) is 4.25. The van der Waals surface area contributed by atoms with Crippen LogP contribution in [0.1, 0.15) is 12.5 Å². The number of benzene rings is 1. The number of nitrogens with one attached hydrogen (secondary N) is 1. The molecule has 1 aliphatic heterocycles. The zero-order valence-corrected chi connectivity index (χ0v) is 10.8. The minimum atomic E-state index is -0.577. The number of nitriles is 1. The first-order valence-electron chi connectivity index (χ1n) is 6.02. The summed E-state index contributed by atoms with van der Waals surface area (Å²) in [5.74, 6) is -0.700. The first-order chi connectivity index (χ1) is 9.61. The van der Waals surface area contributed by atoms with Crippen molar-refractivity contribution in [2.24, 2.45) is 5.16 Å². The lowest BCUT2D eigenvalue weighted by Gasteiger charge is -2.16. The zero-order valence-electron chi connectivity index (χ0n) is 10.8. The van der Waals surface area contributed by atoms with Crippen LogP contribution in [-0.4, -0.2) is 29.2 Å². The van der Waals surface area contributed by atoms with E-state index in [4.69, 9.17) is 10.1 Å². The molecule has 20 heavy (non-hydrogen) atoms. The molecule has 1 aliphatic rings. The lowest BCUT2D eigenvalue weighted by molar-refractivity contribution is -0.125. The van der Waals surface area contributed by atoms with E-state index >= 15 is 0 Å². The van der Waals surface area contributed by atoms with Crippen LogP contribution in [0.15, 0.2) is 29.4 Å². The maximum atomic E-state index is 12.7. The van der Waals surface area contributed by atoms with E-state index in [1.165, 1.54) is 17.1 Å². The summed E-state index contributed by atoms with van der Waals surface area (Å²) < 4.78 is 12.7. The monoisotopic (exact) mass is 276 g/mol. The van der Waals surface area contributed by atoms with E-state index < -0.39 is 6.04 Å². The van der Waals surface area contributed by atoms with E-state index in [2.05, 4.69) is 10.6 Å². The third-order valence-corrected chi connectivity index (χ3v) is 2.78. The van der Waals surface area contributed by atoms with Crippen LogP contribution in [0.3, 0.4) is 0 Å². The smallest absolute Gasteiger partial charge is 0.288 e. The Morgan fingerprint density at radius 1 is 1.55 bits per heavy atom. The maximum absolute atomic E-state index is 12.7. The fourth-order valence-corrected chi connectivity index (χ4v) is 1.65. The van der Waals surface area contributed by atoms with Gasteiger partial charge in [0.15, 0.2) is 5.71 Å². The molecule has 0 bridgehead atoms. The number of carbonyl (C=O) groups is 1. The molecular formula is C13H13FN4O2. The van der Waals surface area contributed by atoms with Gasteiger partial charge in [-0.3, -0.25) is 9.80 Å². The van der Waals surface area contributed by atoms with E-state index in [0.717, 1.165) is 5.56 Å². The Kier molecular flexibility index (Phi) is 4.27. The Labute approximate surface area is 115 Å². The lowest BCUT2D eigenvalue weighted by atomic mass is 10.2. The quantitative estimate of drug-likeness (QED) is 0.831. The number of halogens is 1. The highest BCUT2D eigenvalue weighted by Crippen LogP contribution is 2.06. The molecule has 0 aromatic heterocycles. The molecule has 0 radical (unpaired) electrons. The molecule has 1 amide bonds. The fraction of sp³-hybridized carbons (Fsp3) is 0.308. The summed E-state index contributed by atoms with van der Waals surface area (Å²) in [5.41, 5.74) is 3.71. The van der Waals surface area contributed by atoms with Gasteiger partial charge in [-0.05, 0) is 24.6 Å². The normalized spacial score (nSPS) is 18.1. The summed E-state index contributed by atoms with van der Waals surface area (Å²) in [6.07, 6.45) is 0. The minimum absolute atomic E-state index is 0.144. The van der Waals surface area contributed by atoms with E-state index in [0.29, 0.717) is 0 Å². The summed E-state index contributed by atoms with van der Waals surface area (Å²) in [5, 5.41) is 13.7. The van der Waals surface area contributed by atoms with Crippen LogP contribution in [0.25, 0.3) is 0 Å². The Bertz CT molecular complexity index is 565. The first-order valence-corrected chi connectivity index (χ1v) is 6.02. The molecule has 104 valence electrons. The van der Waals surface area contributed by atoms with Gasteiger partial charge in [0, 0.05) is 0 Å². The Morgan fingerprint density at radius 3 is 2.90 bits per heavy atom. The number of amides is 1. The highest BCUT2D eigenvalue weighted by atomic mass is 19.1. The van der Waals surface area contributed by atoms with Crippen molar-refractivity contribution < 1.29 is 14.0 Å². The Morgan fingerprint density at radius 2 is 2.25 bits per heavy atom. The molecular weight excluding hydrogens is 263 g/mol. The van der Waals surface area contributed by atoms with Crippen molar-refractivity contribution in [3.05, 3.63) is 35.6 Å². The van der Waals surface area contributed by atoms with Crippen molar-refractivity contribution in [3.63, 3.8) is 0 Å². The van der Waals surface area contributed by atoms with Crippen LogP contribution >= 0.6 is 0 Å². The summed E-state index contributed by atoms with van der Waals surface area (Å²) >= 11 is 0. The van der Waals surface area contributed by atoms with Crippen LogP contribution < -0.4 is 5.43 Å². The van der Waals surface area contributed by atoms with E-state index in [1.807, 2.05) is 6.07 Å². The third kappa shape index (κ3) is 3.10. The molecule has 0 spiro atoms. The average molecular weight is 276 g/mol.